The van der Waals surface area contributed by atoms with Crippen LogP contribution in [-0.4, -0.2) is 32.4 Å². The molecule has 1 aromatic carbocycles. The van der Waals surface area contributed by atoms with Gasteiger partial charge < -0.3 is 19.9 Å². The largest absolute Gasteiger partial charge is 0.487 e. The molecule has 0 aliphatic heterocycles. The van der Waals surface area contributed by atoms with Gasteiger partial charge in [0.25, 0.3) is 0 Å². The van der Waals surface area contributed by atoms with Gasteiger partial charge >= 0.3 is 5.97 Å². The number of halogens is 1. The van der Waals surface area contributed by atoms with E-state index >= 15 is 0 Å². The molecule has 106 valence electrons. The van der Waals surface area contributed by atoms with E-state index in [0.717, 1.165) is 0 Å². The maximum atomic E-state index is 11.8. The Hall–Kier alpha value is -1.46. The summed E-state index contributed by atoms with van der Waals surface area (Å²) < 4.78 is 15.4. The zero-order valence-electron chi connectivity index (χ0n) is 11.2. The number of methoxy groups -OCH3 is 1. The Labute approximate surface area is 117 Å². The predicted octanol–water partition coefficient (Wildman–Crippen LogP) is 2.51. The fraction of sp³-hybridized carbons (Fsp3) is 0.462. The fourth-order valence-electron chi connectivity index (χ4n) is 1.40. The molecule has 0 spiro atoms. The second kappa shape index (κ2) is 7.21. The summed E-state index contributed by atoms with van der Waals surface area (Å²) in [6, 6.07) is 3.07. The van der Waals surface area contributed by atoms with Crippen LogP contribution in [0.1, 0.15) is 24.2 Å². The highest BCUT2D eigenvalue weighted by Crippen LogP contribution is 2.34. The van der Waals surface area contributed by atoms with Crippen LogP contribution in [0.5, 0.6) is 5.75 Å². The van der Waals surface area contributed by atoms with Crippen molar-refractivity contribution in [3.05, 3.63) is 22.7 Å². The van der Waals surface area contributed by atoms with Crippen molar-refractivity contribution >= 4 is 23.3 Å². The fourth-order valence-corrected chi connectivity index (χ4v) is 1.62. The number of anilines is 1. The van der Waals surface area contributed by atoms with Crippen molar-refractivity contribution in [2.45, 2.75) is 20.0 Å². The molecule has 0 radical (unpaired) electrons. The quantitative estimate of drug-likeness (QED) is 0.494. The molecular weight excluding hydrogens is 270 g/mol. The molecule has 0 saturated carbocycles. The highest BCUT2D eigenvalue weighted by Gasteiger charge is 2.18. The van der Waals surface area contributed by atoms with Gasteiger partial charge in [0.05, 0.1) is 29.0 Å². The third-order valence-corrected chi connectivity index (χ3v) is 2.54. The number of nitrogens with two attached hydrogens (primary N) is 1. The summed E-state index contributed by atoms with van der Waals surface area (Å²) in [6.45, 7) is 4.22. The molecule has 5 nitrogen and oxygen atoms in total. The van der Waals surface area contributed by atoms with E-state index in [1.807, 2.05) is 0 Å². The number of nitrogen functional groups attached to an aromatic ring is 1. The third kappa shape index (κ3) is 4.29. The van der Waals surface area contributed by atoms with Crippen molar-refractivity contribution in [3.8, 4) is 5.75 Å². The maximum Gasteiger partial charge on any atom is 0.340 e. The molecule has 0 atom stereocenters. The number of benzene rings is 1. The van der Waals surface area contributed by atoms with E-state index in [0.29, 0.717) is 18.2 Å². The van der Waals surface area contributed by atoms with Crippen LogP contribution < -0.4 is 10.5 Å². The first-order valence-electron chi connectivity index (χ1n) is 5.88. The Bertz CT molecular complexity index is 449. The molecule has 0 aliphatic rings. The van der Waals surface area contributed by atoms with Gasteiger partial charge in [0.1, 0.15) is 6.61 Å². The van der Waals surface area contributed by atoms with Crippen LogP contribution in [-0.2, 0) is 9.47 Å². The van der Waals surface area contributed by atoms with Gasteiger partial charge in [-0.05, 0) is 26.0 Å². The van der Waals surface area contributed by atoms with Crippen molar-refractivity contribution in [3.63, 3.8) is 0 Å². The molecule has 0 aromatic heterocycles. The Kier molecular flexibility index (Phi) is 5.92. The zero-order valence-corrected chi connectivity index (χ0v) is 12.0. The first-order valence-corrected chi connectivity index (χ1v) is 6.25. The third-order valence-electron chi connectivity index (χ3n) is 2.24. The van der Waals surface area contributed by atoms with E-state index in [9.17, 15) is 4.79 Å². The molecule has 0 amide bonds. The van der Waals surface area contributed by atoms with Crippen molar-refractivity contribution in [1.29, 1.82) is 0 Å². The second-order valence-electron chi connectivity index (χ2n) is 4.13. The maximum absolute atomic E-state index is 11.8. The topological polar surface area (TPSA) is 70.8 Å². The number of ether oxygens (including phenoxy) is 3. The number of rotatable bonds is 6. The number of carbonyl (C=O) groups is 1. The zero-order chi connectivity index (χ0) is 14.4. The highest BCUT2D eigenvalue weighted by molar-refractivity contribution is 6.32. The van der Waals surface area contributed by atoms with Crippen LogP contribution in [0.2, 0.25) is 5.02 Å². The summed E-state index contributed by atoms with van der Waals surface area (Å²) in [5.74, 6) is -0.224. The summed E-state index contributed by atoms with van der Waals surface area (Å²) in [5.41, 5.74) is 6.31. The van der Waals surface area contributed by atoms with Crippen LogP contribution in [0.15, 0.2) is 12.1 Å². The molecular formula is C13H18ClNO4. The van der Waals surface area contributed by atoms with Gasteiger partial charge in [0.2, 0.25) is 0 Å². The monoisotopic (exact) mass is 287 g/mol. The predicted molar refractivity (Wildman–Crippen MR) is 73.8 cm³/mol. The molecule has 0 unspecified atom stereocenters. The minimum Gasteiger partial charge on any atom is -0.487 e. The lowest BCUT2D eigenvalue weighted by atomic mass is 10.1. The second-order valence-corrected chi connectivity index (χ2v) is 4.54. The molecule has 0 aliphatic carbocycles. The van der Waals surface area contributed by atoms with Crippen molar-refractivity contribution in [2.75, 3.05) is 26.1 Å². The van der Waals surface area contributed by atoms with Gasteiger partial charge in [-0.2, -0.15) is 0 Å². The number of hydrogen-bond donors (Lipinski definition) is 1. The summed E-state index contributed by atoms with van der Waals surface area (Å²) >= 11 is 5.99. The molecule has 0 saturated heterocycles. The Morgan fingerprint density at radius 1 is 1.37 bits per heavy atom. The Morgan fingerprint density at radius 3 is 2.63 bits per heavy atom. The standard InChI is InChI=1S/C13H18ClNO4/c1-8(2)19-13(16)9-4-5-10(14)12(11(9)15)18-7-6-17-3/h4-5,8H,6-7,15H2,1-3H3. The van der Waals surface area contributed by atoms with Crippen LogP contribution in [0.25, 0.3) is 0 Å². The summed E-state index contributed by atoms with van der Waals surface area (Å²) in [4.78, 5) is 11.8. The summed E-state index contributed by atoms with van der Waals surface area (Å²) in [5, 5.41) is 0.342. The number of carbonyl (C=O) groups excluding carboxylic acids is 1. The first kappa shape index (κ1) is 15.6. The van der Waals surface area contributed by atoms with Crippen LogP contribution in [0.3, 0.4) is 0 Å². The SMILES string of the molecule is COCCOc1c(Cl)ccc(C(=O)OC(C)C)c1N. The minimum atomic E-state index is -0.499. The molecule has 0 heterocycles. The van der Waals surface area contributed by atoms with Gasteiger partial charge in [0, 0.05) is 7.11 Å². The smallest absolute Gasteiger partial charge is 0.340 e. The van der Waals surface area contributed by atoms with E-state index in [1.54, 1.807) is 27.0 Å². The lowest BCUT2D eigenvalue weighted by Crippen LogP contribution is -2.15. The number of esters is 1. The Balaban J connectivity index is 2.95. The van der Waals surface area contributed by atoms with Gasteiger partial charge in [-0.1, -0.05) is 11.6 Å². The van der Waals surface area contributed by atoms with Gasteiger partial charge in [0.15, 0.2) is 5.75 Å². The average Bonchev–Trinajstić information content (AvgIpc) is 2.32. The molecule has 1 rings (SSSR count). The average molecular weight is 288 g/mol. The Morgan fingerprint density at radius 2 is 2.05 bits per heavy atom. The van der Waals surface area contributed by atoms with Gasteiger partial charge in [-0.25, -0.2) is 4.79 Å². The molecule has 1 aromatic rings. The molecule has 2 N–H and O–H groups in total. The number of hydrogen-bond acceptors (Lipinski definition) is 5. The van der Waals surface area contributed by atoms with Crippen LogP contribution >= 0.6 is 11.6 Å². The normalized spacial score (nSPS) is 10.6. The first-order chi connectivity index (χ1) is 8.97. The van der Waals surface area contributed by atoms with E-state index in [-0.39, 0.29) is 23.1 Å². The van der Waals surface area contributed by atoms with E-state index < -0.39 is 5.97 Å². The van der Waals surface area contributed by atoms with Gasteiger partial charge in [-0.3, -0.25) is 0 Å². The van der Waals surface area contributed by atoms with E-state index in [1.165, 1.54) is 6.07 Å². The van der Waals surface area contributed by atoms with Crippen LogP contribution in [0, 0.1) is 0 Å². The lowest BCUT2D eigenvalue weighted by molar-refractivity contribution is 0.0379. The minimum absolute atomic E-state index is 0.175. The lowest BCUT2D eigenvalue weighted by Gasteiger charge is -2.14. The van der Waals surface area contributed by atoms with E-state index in [4.69, 9.17) is 31.5 Å². The van der Waals surface area contributed by atoms with E-state index in [2.05, 4.69) is 0 Å². The van der Waals surface area contributed by atoms with Crippen molar-refractivity contribution in [1.82, 2.24) is 0 Å². The molecule has 0 bridgehead atoms. The summed E-state index contributed by atoms with van der Waals surface area (Å²) in [7, 11) is 1.56. The summed E-state index contributed by atoms with van der Waals surface area (Å²) in [6.07, 6.45) is -0.222. The highest BCUT2D eigenvalue weighted by atomic mass is 35.5. The van der Waals surface area contributed by atoms with Crippen molar-refractivity contribution < 1.29 is 19.0 Å². The molecule has 0 fully saturated rings. The van der Waals surface area contributed by atoms with Crippen molar-refractivity contribution in [2.24, 2.45) is 0 Å². The van der Waals surface area contributed by atoms with Gasteiger partial charge in [-0.15, -0.1) is 0 Å². The molecule has 19 heavy (non-hydrogen) atoms. The molecule has 6 heteroatoms. The van der Waals surface area contributed by atoms with Crippen LogP contribution in [0.4, 0.5) is 5.69 Å².